The molecule has 0 bridgehead atoms. The number of aromatic nitrogens is 2. The third-order valence-electron chi connectivity index (χ3n) is 2.84. The van der Waals surface area contributed by atoms with Crippen LogP contribution < -0.4 is 0 Å². The average Bonchev–Trinajstić information content (AvgIpc) is 3.00. The van der Waals surface area contributed by atoms with Crippen molar-refractivity contribution in [1.82, 2.24) is 10.2 Å². The lowest BCUT2D eigenvalue weighted by molar-refractivity contribution is 0.626. The van der Waals surface area contributed by atoms with Crippen molar-refractivity contribution < 1.29 is 4.39 Å². The number of hydrogen-bond acceptors (Lipinski definition) is 5. The number of halogens is 1. The third-order valence-corrected chi connectivity index (χ3v) is 6.18. The Morgan fingerprint density at radius 1 is 0.818 bits per heavy atom. The van der Waals surface area contributed by atoms with Gasteiger partial charge in [0.1, 0.15) is 5.82 Å². The molecule has 0 N–H and O–H groups in total. The topological polar surface area (TPSA) is 25.8 Å². The summed E-state index contributed by atoms with van der Waals surface area (Å²) in [5, 5.41) is 8.38. The van der Waals surface area contributed by atoms with E-state index in [1.807, 2.05) is 24.3 Å². The van der Waals surface area contributed by atoms with Gasteiger partial charge in [-0.05, 0) is 23.3 Å². The summed E-state index contributed by atoms with van der Waals surface area (Å²) in [5.74, 6) is 1.40. The first-order valence-electron chi connectivity index (χ1n) is 6.67. The molecule has 6 heteroatoms. The molecule has 112 valence electrons. The van der Waals surface area contributed by atoms with Crippen molar-refractivity contribution in [2.75, 3.05) is 0 Å². The lowest BCUT2D eigenvalue weighted by Crippen LogP contribution is -1.82. The van der Waals surface area contributed by atoms with E-state index in [1.54, 1.807) is 47.0 Å². The Balaban J connectivity index is 1.53. The van der Waals surface area contributed by atoms with Gasteiger partial charge in [-0.15, -0.1) is 10.2 Å². The molecule has 0 saturated carbocycles. The van der Waals surface area contributed by atoms with Crippen LogP contribution in [0.25, 0.3) is 0 Å². The molecule has 2 nitrogen and oxygen atoms in total. The molecule has 0 aliphatic rings. The molecule has 3 aromatic rings. The summed E-state index contributed by atoms with van der Waals surface area (Å²) in [4.78, 5) is 0. The standard InChI is InChI=1S/C16H13FN2S3/c17-14-8-4-7-13(9-14)11-21-16-19-18-15(22-16)20-10-12-5-2-1-3-6-12/h1-9H,10-11H2. The van der Waals surface area contributed by atoms with Gasteiger partial charge in [0.2, 0.25) is 0 Å². The highest BCUT2D eigenvalue weighted by atomic mass is 32.2. The smallest absolute Gasteiger partial charge is 0.175 e. The second kappa shape index (κ2) is 7.76. The van der Waals surface area contributed by atoms with Crippen LogP contribution in [0.2, 0.25) is 0 Å². The largest absolute Gasteiger partial charge is 0.207 e. The first-order chi connectivity index (χ1) is 10.8. The fraction of sp³-hybridized carbons (Fsp3) is 0.125. The van der Waals surface area contributed by atoms with Gasteiger partial charge >= 0.3 is 0 Å². The third kappa shape index (κ3) is 4.56. The van der Waals surface area contributed by atoms with Crippen molar-refractivity contribution >= 4 is 34.9 Å². The summed E-state index contributed by atoms with van der Waals surface area (Å²) >= 11 is 4.87. The van der Waals surface area contributed by atoms with Crippen molar-refractivity contribution in [3.05, 3.63) is 71.5 Å². The van der Waals surface area contributed by atoms with Crippen LogP contribution in [-0.2, 0) is 11.5 Å². The van der Waals surface area contributed by atoms with E-state index in [-0.39, 0.29) is 5.82 Å². The number of thioether (sulfide) groups is 2. The lowest BCUT2D eigenvalue weighted by Gasteiger charge is -1.98. The van der Waals surface area contributed by atoms with E-state index in [1.165, 1.54) is 11.6 Å². The van der Waals surface area contributed by atoms with Crippen molar-refractivity contribution in [3.8, 4) is 0 Å². The van der Waals surface area contributed by atoms with Crippen LogP contribution >= 0.6 is 34.9 Å². The Morgan fingerprint density at radius 3 is 2.14 bits per heavy atom. The maximum Gasteiger partial charge on any atom is 0.175 e. The van der Waals surface area contributed by atoms with E-state index >= 15 is 0 Å². The van der Waals surface area contributed by atoms with E-state index < -0.39 is 0 Å². The number of benzene rings is 2. The van der Waals surface area contributed by atoms with Crippen LogP contribution in [-0.4, -0.2) is 10.2 Å². The number of rotatable bonds is 6. The van der Waals surface area contributed by atoms with E-state index in [2.05, 4.69) is 22.3 Å². The first-order valence-corrected chi connectivity index (χ1v) is 9.46. The average molecular weight is 348 g/mol. The lowest BCUT2D eigenvalue weighted by atomic mass is 10.2. The Kier molecular flexibility index (Phi) is 5.48. The van der Waals surface area contributed by atoms with Crippen molar-refractivity contribution in [3.63, 3.8) is 0 Å². The predicted octanol–water partition coefficient (Wildman–Crippen LogP) is 5.26. The van der Waals surface area contributed by atoms with E-state index in [4.69, 9.17) is 0 Å². The van der Waals surface area contributed by atoms with Crippen LogP contribution in [0.5, 0.6) is 0 Å². The van der Waals surface area contributed by atoms with Crippen molar-refractivity contribution in [2.24, 2.45) is 0 Å². The van der Waals surface area contributed by atoms with Gasteiger partial charge in [-0.25, -0.2) is 4.39 Å². The van der Waals surface area contributed by atoms with Crippen LogP contribution in [0.1, 0.15) is 11.1 Å². The maximum absolute atomic E-state index is 13.1. The molecule has 0 unspecified atom stereocenters. The SMILES string of the molecule is Fc1cccc(CSc2nnc(SCc3ccccc3)s2)c1. The highest BCUT2D eigenvalue weighted by molar-refractivity contribution is 8.02. The second-order valence-corrected chi connectivity index (χ2v) is 7.95. The molecule has 0 saturated heterocycles. The summed E-state index contributed by atoms with van der Waals surface area (Å²) in [6, 6.07) is 17.0. The van der Waals surface area contributed by atoms with Gasteiger partial charge in [0.25, 0.3) is 0 Å². The fourth-order valence-electron chi connectivity index (χ4n) is 1.80. The summed E-state index contributed by atoms with van der Waals surface area (Å²) < 4.78 is 15.0. The van der Waals surface area contributed by atoms with Crippen LogP contribution in [0.3, 0.4) is 0 Å². The van der Waals surface area contributed by atoms with E-state index in [9.17, 15) is 4.39 Å². The highest BCUT2D eigenvalue weighted by Crippen LogP contribution is 2.32. The zero-order valence-corrected chi connectivity index (χ0v) is 14.1. The molecular weight excluding hydrogens is 335 g/mol. The summed E-state index contributed by atoms with van der Waals surface area (Å²) in [5.41, 5.74) is 2.23. The van der Waals surface area contributed by atoms with Crippen LogP contribution in [0.15, 0.2) is 63.3 Å². The Morgan fingerprint density at radius 2 is 1.45 bits per heavy atom. The molecule has 22 heavy (non-hydrogen) atoms. The van der Waals surface area contributed by atoms with Gasteiger partial charge in [0.05, 0.1) is 0 Å². The summed E-state index contributed by atoms with van der Waals surface area (Å²) in [7, 11) is 0. The predicted molar refractivity (Wildman–Crippen MR) is 91.9 cm³/mol. The molecular formula is C16H13FN2S3. The summed E-state index contributed by atoms with van der Waals surface area (Å²) in [6.45, 7) is 0. The van der Waals surface area contributed by atoms with Gasteiger partial charge in [-0.1, -0.05) is 77.3 Å². The normalized spacial score (nSPS) is 10.8. The highest BCUT2D eigenvalue weighted by Gasteiger charge is 2.06. The fourth-order valence-corrected chi connectivity index (χ4v) is 4.72. The minimum Gasteiger partial charge on any atom is -0.207 e. The second-order valence-electron chi connectivity index (χ2n) is 4.53. The van der Waals surface area contributed by atoms with E-state index in [0.717, 1.165) is 20.0 Å². The maximum atomic E-state index is 13.1. The van der Waals surface area contributed by atoms with Crippen LogP contribution in [0, 0.1) is 5.82 Å². The molecule has 0 fully saturated rings. The Labute approximate surface area is 141 Å². The molecule has 0 aliphatic heterocycles. The monoisotopic (exact) mass is 348 g/mol. The van der Waals surface area contributed by atoms with Gasteiger partial charge in [-0.2, -0.15) is 0 Å². The molecule has 0 amide bonds. The minimum absolute atomic E-state index is 0.200. The Bertz CT molecular complexity index is 731. The molecule has 3 rings (SSSR count). The van der Waals surface area contributed by atoms with Gasteiger partial charge in [0.15, 0.2) is 8.68 Å². The van der Waals surface area contributed by atoms with Gasteiger partial charge in [-0.3, -0.25) is 0 Å². The molecule has 0 atom stereocenters. The molecule has 1 heterocycles. The van der Waals surface area contributed by atoms with Gasteiger partial charge in [0, 0.05) is 11.5 Å². The zero-order chi connectivity index (χ0) is 15.2. The molecule has 0 spiro atoms. The van der Waals surface area contributed by atoms with Crippen molar-refractivity contribution in [2.45, 2.75) is 20.2 Å². The molecule has 0 radical (unpaired) electrons. The van der Waals surface area contributed by atoms with Crippen LogP contribution in [0.4, 0.5) is 4.39 Å². The first kappa shape index (κ1) is 15.5. The molecule has 1 aromatic heterocycles. The van der Waals surface area contributed by atoms with Crippen molar-refractivity contribution in [1.29, 1.82) is 0 Å². The number of hydrogen-bond donors (Lipinski definition) is 0. The quantitative estimate of drug-likeness (QED) is 0.567. The number of nitrogens with zero attached hydrogens (tertiary/aromatic N) is 2. The van der Waals surface area contributed by atoms with Gasteiger partial charge < -0.3 is 0 Å². The zero-order valence-electron chi connectivity index (χ0n) is 11.6. The van der Waals surface area contributed by atoms with E-state index in [0.29, 0.717) is 5.75 Å². The summed E-state index contributed by atoms with van der Waals surface area (Å²) in [6.07, 6.45) is 0. The molecule has 0 aliphatic carbocycles. The minimum atomic E-state index is -0.200. The Hall–Kier alpha value is -1.37. The molecule has 2 aromatic carbocycles.